The lowest BCUT2D eigenvalue weighted by atomic mass is 9.73. The molecule has 68 heavy (non-hydrogen) atoms. The van der Waals surface area contributed by atoms with E-state index < -0.39 is 5.41 Å². The van der Waals surface area contributed by atoms with Crippen molar-refractivity contribution in [2.45, 2.75) is 5.41 Å². The van der Waals surface area contributed by atoms with Crippen molar-refractivity contribution in [1.82, 2.24) is 0 Å². The summed E-state index contributed by atoms with van der Waals surface area (Å²) in [5.74, 6) is 0. The van der Waals surface area contributed by atoms with E-state index in [1.807, 2.05) is 22.7 Å². The Hall–Kier alpha value is -8.08. The van der Waals surface area contributed by atoms with Gasteiger partial charge in [0.05, 0.1) is 5.41 Å². The van der Waals surface area contributed by atoms with Crippen LogP contribution in [0.1, 0.15) is 21.6 Å². The van der Waals surface area contributed by atoms with Gasteiger partial charge in [-0.3, -0.25) is 0 Å². The van der Waals surface area contributed by atoms with E-state index in [9.17, 15) is 0 Å². The molecule has 0 saturated heterocycles. The van der Waals surface area contributed by atoms with Crippen LogP contribution in [0.2, 0.25) is 0 Å². The standard InChI is InChI=1S/C65H41NS2/c1-4-18-43(19-5-1)60-61-55-41-46(36-39-58(55)65(64(61)68-62(60)44-20-6-2-7-21-44)56-31-13-10-26-51(56)52-27-11-14-32-57(52)65)45-22-16-25-49(40-45)66(47-23-8-3-9-24-47)48-37-34-42(35-38-48)50-29-17-30-54-53-28-12-15-33-59(53)67-63(50)54/h1-41H. The fourth-order valence-corrected chi connectivity index (χ4v) is 14.2. The SMILES string of the molecule is c1ccc(-c2sc3c(c2-c2ccccc2)-c2cc(-c4cccc(N(c5ccccc5)c5ccc(-c6cccc7c6sc6ccccc67)cc5)c4)ccc2C32c3ccccc3-c3ccccc32)cc1. The zero-order chi connectivity index (χ0) is 44.8. The molecule has 0 unspecified atom stereocenters. The van der Waals surface area contributed by atoms with Gasteiger partial charge in [-0.1, -0.05) is 200 Å². The van der Waals surface area contributed by atoms with E-state index in [2.05, 4.69) is 254 Å². The maximum Gasteiger partial charge on any atom is 0.0819 e. The predicted octanol–water partition coefficient (Wildman–Crippen LogP) is 18.6. The Labute approximate surface area is 404 Å². The topological polar surface area (TPSA) is 3.24 Å². The van der Waals surface area contributed by atoms with Gasteiger partial charge in [0.15, 0.2) is 0 Å². The largest absolute Gasteiger partial charge is 0.310 e. The van der Waals surface area contributed by atoms with Crippen molar-refractivity contribution in [3.05, 3.63) is 270 Å². The number of benzene rings is 10. The molecule has 2 heterocycles. The third-order valence-corrected chi connectivity index (χ3v) is 16.9. The molecule has 10 aromatic carbocycles. The van der Waals surface area contributed by atoms with Crippen LogP contribution in [0.25, 0.3) is 86.2 Å². The summed E-state index contributed by atoms with van der Waals surface area (Å²) >= 11 is 3.85. The van der Waals surface area contributed by atoms with E-state index in [1.165, 1.54) is 108 Å². The summed E-state index contributed by atoms with van der Waals surface area (Å²) in [4.78, 5) is 5.10. The molecule has 2 aromatic heterocycles. The average Bonchev–Trinajstić information content (AvgIpc) is 4.15. The van der Waals surface area contributed by atoms with E-state index in [4.69, 9.17) is 0 Å². The fourth-order valence-electron chi connectivity index (χ4n) is 11.4. The van der Waals surface area contributed by atoms with Gasteiger partial charge in [0.1, 0.15) is 0 Å². The smallest absolute Gasteiger partial charge is 0.0819 e. The van der Waals surface area contributed by atoms with Gasteiger partial charge in [-0.2, -0.15) is 0 Å². The lowest BCUT2D eigenvalue weighted by Crippen LogP contribution is -2.24. The molecule has 2 aliphatic carbocycles. The lowest BCUT2D eigenvalue weighted by Gasteiger charge is -2.29. The summed E-state index contributed by atoms with van der Waals surface area (Å²) in [7, 11) is 0. The van der Waals surface area contributed by atoms with Crippen molar-refractivity contribution < 1.29 is 0 Å². The Kier molecular flexibility index (Phi) is 8.92. The van der Waals surface area contributed by atoms with Crippen LogP contribution < -0.4 is 4.90 Å². The third-order valence-electron chi connectivity index (χ3n) is 14.3. The number of hydrogen-bond acceptors (Lipinski definition) is 3. The first-order chi connectivity index (χ1) is 33.7. The zero-order valence-corrected chi connectivity index (χ0v) is 38.6. The van der Waals surface area contributed by atoms with Crippen LogP contribution in [0.4, 0.5) is 17.1 Å². The number of para-hydroxylation sites is 1. The fraction of sp³-hybridized carbons (Fsp3) is 0.0154. The molecule has 14 rings (SSSR count). The summed E-state index contributed by atoms with van der Waals surface area (Å²) in [6.45, 7) is 0. The van der Waals surface area contributed by atoms with Crippen molar-refractivity contribution in [2.24, 2.45) is 0 Å². The molecule has 0 atom stereocenters. The van der Waals surface area contributed by atoms with Crippen molar-refractivity contribution in [3.63, 3.8) is 0 Å². The highest BCUT2D eigenvalue weighted by molar-refractivity contribution is 7.26. The van der Waals surface area contributed by atoms with Gasteiger partial charge in [-0.25, -0.2) is 0 Å². The van der Waals surface area contributed by atoms with E-state index in [1.54, 1.807) is 0 Å². The predicted molar refractivity (Wildman–Crippen MR) is 290 cm³/mol. The van der Waals surface area contributed by atoms with Gasteiger partial charge < -0.3 is 4.90 Å². The Morgan fingerprint density at radius 1 is 0.309 bits per heavy atom. The Morgan fingerprint density at radius 3 is 1.59 bits per heavy atom. The zero-order valence-electron chi connectivity index (χ0n) is 36.9. The molecule has 0 saturated carbocycles. The maximum atomic E-state index is 2.50. The highest BCUT2D eigenvalue weighted by atomic mass is 32.1. The minimum atomic E-state index is -0.446. The van der Waals surface area contributed by atoms with E-state index >= 15 is 0 Å². The molecule has 0 radical (unpaired) electrons. The van der Waals surface area contributed by atoms with Crippen LogP contribution in [0.5, 0.6) is 0 Å². The first-order valence-corrected chi connectivity index (χ1v) is 25.0. The first-order valence-electron chi connectivity index (χ1n) is 23.3. The van der Waals surface area contributed by atoms with Crippen LogP contribution in [0.3, 0.4) is 0 Å². The molecule has 1 nitrogen and oxygen atoms in total. The second kappa shape index (κ2) is 15.5. The Balaban J connectivity index is 0.940. The van der Waals surface area contributed by atoms with Gasteiger partial charge in [-0.15, -0.1) is 22.7 Å². The minimum absolute atomic E-state index is 0.446. The molecular formula is C65H41NS2. The average molecular weight is 900 g/mol. The van der Waals surface area contributed by atoms with Crippen molar-refractivity contribution >= 4 is 59.9 Å². The molecular weight excluding hydrogens is 859 g/mol. The second-order valence-electron chi connectivity index (χ2n) is 17.9. The number of nitrogens with zero attached hydrogens (tertiary/aromatic N) is 1. The summed E-state index contributed by atoms with van der Waals surface area (Å²) in [6.07, 6.45) is 0. The van der Waals surface area contributed by atoms with Crippen LogP contribution >= 0.6 is 22.7 Å². The quantitative estimate of drug-likeness (QED) is 0.154. The monoisotopic (exact) mass is 899 g/mol. The van der Waals surface area contributed by atoms with E-state index in [0.29, 0.717) is 0 Å². The summed E-state index contributed by atoms with van der Waals surface area (Å²) < 4.78 is 2.65. The van der Waals surface area contributed by atoms with Gasteiger partial charge in [0, 0.05) is 58.1 Å². The van der Waals surface area contributed by atoms with Crippen molar-refractivity contribution in [3.8, 4) is 66.1 Å². The molecule has 12 aromatic rings. The normalized spacial score (nSPS) is 12.8. The van der Waals surface area contributed by atoms with Crippen LogP contribution in [0.15, 0.2) is 249 Å². The number of fused-ring (bicyclic) bond motifs is 13. The molecule has 318 valence electrons. The van der Waals surface area contributed by atoms with Crippen LogP contribution in [-0.4, -0.2) is 0 Å². The summed E-state index contributed by atoms with van der Waals surface area (Å²) in [5.41, 5.74) is 20.9. The molecule has 0 aliphatic heterocycles. The summed E-state index contributed by atoms with van der Waals surface area (Å²) in [6, 6.07) is 92.1. The number of thiophene rings is 2. The molecule has 0 fully saturated rings. The molecule has 0 N–H and O–H groups in total. The van der Waals surface area contributed by atoms with E-state index in [0.717, 1.165) is 17.1 Å². The molecule has 2 aliphatic rings. The van der Waals surface area contributed by atoms with Gasteiger partial charge in [0.25, 0.3) is 0 Å². The Bertz CT molecular complexity index is 3850. The lowest BCUT2D eigenvalue weighted by molar-refractivity contribution is 0.811. The summed E-state index contributed by atoms with van der Waals surface area (Å²) in [5, 5.41) is 2.64. The van der Waals surface area contributed by atoms with Crippen LogP contribution in [0, 0.1) is 0 Å². The van der Waals surface area contributed by atoms with Crippen LogP contribution in [-0.2, 0) is 5.41 Å². The molecule has 1 spiro atoms. The van der Waals surface area contributed by atoms with Crippen molar-refractivity contribution in [1.29, 1.82) is 0 Å². The van der Waals surface area contributed by atoms with E-state index in [-0.39, 0.29) is 0 Å². The highest BCUT2D eigenvalue weighted by Crippen LogP contribution is 2.68. The highest BCUT2D eigenvalue weighted by Gasteiger charge is 2.54. The van der Waals surface area contributed by atoms with Crippen molar-refractivity contribution in [2.75, 3.05) is 4.90 Å². The number of anilines is 3. The third kappa shape index (κ3) is 5.80. The van der Waals surface area contributed by atoms with Gasteiger partial charge in [-0.05, 0) is 115 Å². The minimum Gasteiger partial charge on any atom is -0.310 e. The molecule has 0 amide bonds. The van der Waals surface area contributed by atoms with Gasteiger partial charge in [0.2, 0.25) is 0 Å². The first kappa shape index (κ1) is 39.1. The Morgan fingerprint density at radius 2 is 0.838 bits per heavy atom. The van der Waals surface area contributed by atoms with Gasteiger partial charge >= 0.3 is 0 Å². The molecule has 0 bridgehead atoms. The second-order valence-corrected chi connectivity index (χ2v) is 20.0. The molecule has 3 heteroatoms. The maximum absolute atomic E-state index is 2.50. The number of rotatable bonds is 7. The number of hydrogen-bond donors (Lipinski definition) is 0.